The molecule has 0 saturated carbocycles. The Morgan fingerprint density at radius 2 is 1.62 bits per heavy atom. The fourth-order valence-corrected chi connectivity index (χ4v) is 2.31. The van der Waals surface area contributed by atoms with Gasteiger partial charge in [-0.3, -0.25) is 4.79 Å². The summed E-state index contributed by atoms with van der Waals surface area (Å²) < 4.78 is 5.23. The van der Waals surface area contributed by atoms with Crippen molar-refractivity contribution in [3.05, 3.63) is 54.6 Å². The van der Waals surface area contributed by atoms with E-state index >= 15 is 0 Å². The third-order valence-electron chi connectivity index (χ3n) is 3.52. The maximum Gasteiger partial charge on any atom is 0.229 e. The molecule has 1 fully saturated rings. The Balaban J connectivity index is 1.60. The van der Waals surface area contributed by atoms with E-state index in [0.29, 0.717) is 13.2 Å². The standard InChI is InChI=1S/C17H18N2O2/c20-17(13-10-11-21-12-13)19-16-8-6-15(7-9-16)18-14-4-2-1-3-5-14/h1-9,13,18H,10-12H2,(H,19,20)/t13-/m0/s1. The van der Waals surface area contributed by atoms with Gasteiger partial charge in [0, 0.05) is 23.7 Å². The summed E-state index contributed by atoms with van der Waals surface area (Å²) in [6, 6.07) is 17.7. The smallest absolute Gasteiger partial charge is 0.229 e. The van der Waals surface area contributed by atoms with Crippen molar-refractivity contribution in [2.75, 3.05) is 23.8 Å². The van der Waals surface area contributed by atoms with Gasteiger partial charge < -0.3 is 15.4 Å². The lowest BCUT2D eigenvalue weighted by Crippen LogP contribution is -2.22. The van der Waals surface area contributed by atoms with Crippen LogP contribution in [-0.2, 0) is 9.53 Å². The number of hydrogen-bond donors (Lipinski definition) is 2. The molecule has 1 aliphatic rings. The Hall–Kier alpha value is -2.33. The highest BCUT2D eigenvalue weighted by atomic mass is 16.5. The molecule has 21 heavy (non-hydrogen) atoms. The van der Waals surface area contributed by atoms with Gasteiger partial charge in [-0.25, -0.2) is 0 Å². The lowest BCUT2D eigenvalue weighted by Gasteiger charge is -2.11. The Kier molecular flexibility index (Phi) is 4.17. The van der Waals surface area contributed by atoms with Crippen molar-refractivity contribution in [1.82, 2.24) is 0 Å². The molecule has 0 radical (unpaired) electrons. The first kappa shape index (κ1) is 13.6. The van der Waals surface area contributed by atoms with Gasteiger partial charge in [-0.15, -0.1) is 0 Å². The van der Waals surface area contributed by atoms with Gasteiger partial charge >= 0.3 is 0 Å². The maximum atomic E-state index is 12.0. The second kappa shape index (κ2) is 6.41. The van der Waals surface area contributed by atoms with Gasteiger partial charge in [0.15, 0.2) is 0 Å². The summed E-state index contributed by atoms with van der Waals surface area (Å²) in [5.41, 5.74) is 2.84. The number of amides is 1. The molecule has 0 bridgehead atoms. The second-order valence-corrected chi connectivity index (χ2v) is 5.12. The van der Waals surface area contributed by atoms with E-state index in [1.807, 2.05) is 54.6 Å². The largest absolute Gasteiger partial charge is 0.381 e. The zero-order valence-corrected chi connectivity index (χ0v) is 11.7. The van der Waals surface area contributed by atoms with Crippen LogP contribution in [0.2, 0.25) is 0 Å². The van der Waals surface area contributed by atoms with Crippen LogP contribution in [0.1, 0.15) is 6.42 Å². The molecule has 1 atom stereocenters. The zero-order chi connectivity index (χ0) is 14.5. The zero-order valence-electron chi connectivity index (χ0n) is 11.7. The summed E-state index contributed by atoms with van der Waals surface area (Å²) >= 11 is 0. The van der Waals surface area contributed by atoms with E-state index < -0.39 is 0 Å². The number of para-hydroxylation sites is 1. The van der Waals surface area contributed by atoms with Crippen LogP contribution in [-0.4, -0.2) is 19.1 Å². The minimum absolute atomic E-state index is 0.0212. The van der Waals surface area contributed by atoms with Gasteiger partial charge in [-0.2, -0.15) is 0 Å². The molecule has 0 spiro atoms. The highest BCUT2D eigenvalue weighted by Gasteiger charge is 2.23. The molecule has 4 nitrogen and oxygen atoms in total. The first-order valence-corrected chi connectivity index (χ1v) is 7.12. The topological polar surface area (TPSA) is 50.4 Å². The molecule has 1 amide bonds. The summed E-state index contributed by atoms with van der Waals surface area (Å²) in [6.45, 7) is 1.21. The predicted molar refractivity (Wildman–Crippen MR) is 83.7 cm³/mol. The Labute approximate surface area is 124 Å². The Morgan fingerprint density at radius 1 is 0.952 bits per heavy atom. The summed E-state index contributed by atoms with van der Waals surface area (Å²) in [5, 5.41) is 6.24. The van der Waals surface area contributed by atoms with E-state index in [4.69, 9.17) is 4.74 Å². The van der Waals surface area contributed by atoms with Crippen LogP contribution in [0.5, 0.6) is 0 Å². The van der Waals surface area contributed by atoms with Crippen LogP contribution in [0.4, 0.5) is 17.1 Å². The predicted octanol–water partition coefficient (Wildman–Crippen LogP) is 3.41. The maximum absolute atomic E-state index is 12.0. The first-order valence-electron chi connectivity index (χ1n) is 7.12. The molecule has 108 valence electrons. The Morgan fingerprint density at radius 3 is 2.29 bits per heavy atom. The van der Waals surface area contributed by atoms with Crippen LogP contribution in [0.15, 0.2) is 54.6 Å². The van der Waals surface area contributed by atoms with Gasteiger partial charge in [0.05, 0.1) is 12.5 Å². The van der Waals surface area contributed by atoms with Crippen molar-refractivity contribution in [1.29, 1.82) is 0 Å². The van der Waals surface area contributed by atoms with Gasteiger partial charge in [0.1, 0.15) is 0 Å². The quantitative estimate of drug-likeness (QED) is 0.903. The van der Waals surface area contributed by atoms with Gasteiger partial charge in [-0.05, 0) is 42.8 Å². The summed E-state index contributed by atoms with van der Waals surface area (Å²) in [5.74, 6) is 0.0170. The molecule has 2 aromatic carbocycles. The van der Waals surface area contributed by atoms with E-state index in [-0.39, 0.29) is 11.8 Å². The molecule has 3 rings (SSSR count). The van der Waals surface area contributed by atoms with Crippen molar-refractivity contribution in [3.63, 3.8) is 0 Å². The average molecular weight is 282 g/mol. The van der Waals surface area contributed by atoms with Crippen molar-refractivity contribution in [2.45, 2.75) is 6.42 Å². The monoisotopic (exact) mass is 282 g/mol. The number of hydrogen-bond acceptors (Lipinski definition) is 3. The van der Waals surface area contributed by atoms with Crippen LogP contribution in [0.25, 0.3) is 0 Å². The minimum Gasteiger partial charge on any atom is -0.381 e. The summed E-state index contributed by atoms with van der Waals surface area (Å²) in [4.78, 5) is 12.0. The van der Waals surface area contributed by atoms with E-state index in [0.717, 1.165) is 23.5 Å². The van der Waals surface area contributed by atoms with Crippen LogP contribution < -0.4 is 10.6 Å². The highest BCUT2D eigenvalue weighted by Crippen LogP contribution is 2.20. The number of ether oxygens (including phenoxy) is 1. The van der Waals surface area contributed by atoms with Gasteiger partial charge in [0.25, 0.3) is 0 Å². The summed E-state index contributed by atoms with van der Waals surface area (Å²) in [6.07, 6.45) is 0.805. The minimum atomic E-state index is -0.0212. The fraction of sp³-hybridized carbons (Fsp3) is 0.235. The average Bonchev–Trinajstić information content (AvgIpc) is 3.05. The third-order valence-corrected chi connectivity index (χ3v) is 3.52. The number of carbonyl (C=O) groups excluding carboxylic acids is 1. The molecule has 1 aliphatic heterocycles. The summed E-state index contributed by atoms with van der Waals surface area (Å²) in [7, 11) is 0. The van der Waals surface area contributed by atoms with Crippen LogP contribution >= 0.6 is 0 Å². The van der Waals surface area contributed by atoms with Crippen LogP contribution in [0.3, 0.4) is 0 Å². The molecular weight excluding hydrogens is 264 g/mol. The SMILES string of the molecule is O=C(Nc1ccc(Nc2ccccc2)cc1)[C@H]1CCOC1. The lowest BCUT2D eigenvalue weighted by atomic mass is 10.1. The number of carbonyl (C=O) groups is 1. The van der Waals surface area contributed by atoms with E-state index in [2.05, 4.69) is 10.6 Å². The number of nitrogens with one attached hydrogen (secondary N) is 2. The highest BCUT2D eigenvalue weighted by molar-refractivity contribution is 5.93. The van der Waals surface area contributed by atoms with Crippen molar-refractivity contribution in [3.8, 4) is 0 Å². The van der Waals surface area contributed by atoms with Crippen molar-refractivity contribution >= 4 is 23.0 Å². The Bertz CT molecular complexity index is 590. The van der Waals surface area contributed by atoms with Crippen molar-refractivity contribution < 1.29 is 9.53 Å². The lowest BCUT2D eigenvalue weighted by molar-refractivity contribution is -0.119. The van der Waals surface area contributed by atoms with E-state index in [1.54, 1.807) is 0 Å². The number of benzene rings is 2. The second-order valence-electron chi connectivity index (χ2n) is 5.12. The molecular formula is C17H18N2O2. The number of anilines is 3. The molecule has 2 aromatic rings. The van der Waals surface area contributed by atoms with Crippen molar-refractivity contribution in [2.24, 2.45) is 5.92 Å². The van der Waals surface area contributed by atoms with E-state index in [1.165, 1.54) is 0 Å². The molecule has 4 heteroatoms. The van der Waals surface area contributed by atoms with Gasteiger partial charge in [-0.1, -0.05) is 18.2 Å². The third kappa shape index (κ3) is 3.61. The first-order chi connectivity index (χ1) is 10.3. The fourth-order valence-electron chi connectivity index (χ4n) is 2.31. The van der Waals surface area contributed by atoms with E-state index in [9.17, 15) is 4.79 Å². The molecule has 0 unspecified atom stereocenters. The van der Waals surface area contributed by atoms with Gasteiger partial charge in [0.2, 0.25) is 5.91 Å². The molecule has 1 saturated heterocycles. The molecule has 0 aromatic heterocycles. The molecule has 0 aliphatic carbocycles. The molecule has 1 heterocycles. The number of rotatable bonds is 4. The molecule has 2 N–H and O–H groups in total. The normalized spacial score (nSPS) is 17.4. The van der Waals surface area contributed by atoms with Crippen LogP contribution in [0, 0.1) is 5.92 Å².